The van der Waals surface area contributed by atoms with Crippen molar-refractivity contribution in [3.8, 4) is 0 Å². The van der Waals surface area contributed by atoms with Gasteiger partial charge >= 0.3 is 18.1 Å². The highest BCUT2D eigenvalue weighted by Crippen LogP contribution is 2.47. The van der Waals surface area contributed by atoms with E-state index >= 15 is 0 Å². The number of aryl methyl sites for hydroxylation is 1. The number of H-pyrrole nitrogens is 1. The Bertz CT molecular complexity index is 1320. The van der Waals surface area contributed by atoms with Gasteiger partial charge < -0.3 is 30.6 Å². The third-order valence-corrected chi connectivity index (χ3v) is 8.19. The molecule has 0 aromatic carbocycles. The number of carbonyl (C=O) groups is 3. The minimum atomic E-state index is -5.33. The maximum Gasteiger partial charge on any atom is 0.491 e. The topological polar surface area (TPSA) is 147 Å². The Morgan fingerprint density at radius 1 is 1.10 bits per heavy atom. The third-order valence-electron chi connectivity index (χ3n) is 7.25. The molecule has 4 heterocycles. The number of aromatic amines is 1. The molecule has 1 saturated carbocycles. The quantitative estimate of drug-likeness (QED) is 0.353. The normalized spacial score (nSPS) is 23.0. The van der Waals surface area contributed by atoms with E-state index in [0.717, 1.165) is 0 Å². The molecule has 4 N–H and O–H groups in total. The summed E-state index contributed by atoms with van der Waals surface area (Å²) in [6, 6.07) is 1.08. The summed E-state index contributed by atoms with van der Waals surface area (Å²) in [5.74, 6) is -3.95. The van der Waals surface area contributed by atoms with E-state index < -0.39 is 23.8 Å². The average molecular weight is 590 g/mol. The molecule has 1 aliphatic carbocycles. The lowest BCUT2D eigenvalue weighted by Gasteiger charge is -2.31. The predicted molar refractivity (Wildman–Crippen MR) is 134 cm³/mol. The van der Waals surface area contributed by atoms with Gasteiger partial charge in [-0.25, -0.2) is 14.6 Å². The third kappa shape index (κ3) is 5.50. The summed E-state index contributed by atoms with van der Waals surface area (Å²) >= 11 is 12.2. The summed E-state index contributed by atoms with van der Waals surface area (Å²) in [6.45, 7) is 3.61. The fourth-order valence-electron chi connectivity index (χ4n) is 5.00. The molecule has 2 saturated heterocycles. The summed E-state index contributed by atoms with van der Waals surface area (Å²) in [6.07, 6.45) is -4.04. The lowest BCUT2D eigenvalue weighted by Crippen LogP contribution is -2.41. The number of halogens is 5. The molecule has 3 atom stereocenters. The van der Waals surface area contributed by atoms with Crippen LogP contribution < -0.4 is 20.9 Å². The van der Waals surface area contributed by atoms with Gasteiger partial charge in [0.1, 0.15) is 11.5 Å². The Morgan fingerprint density at radius 3 is 2.31 bits per heavy atom. The summed E-state index contributed by atoms with van der Waals surface area (Å²) in [7, 11) is 0. The van der Waals surface area contributed by atoms with Crippen LogP contribution in [0.1, 0.15) is 39.5 Å². The second-order valence-corrected chi connectivity index (χ2v) is 10.7. The molecule has 0 radical (unpaired) electrons. The van der Waals surface area contributed by atoms with Crippen LogP contribution in [0.5, 0.6) is 0 Å². The van der Waals surface area contributed by atoms with Crippen molar-refractivity contribution in [2.75, 3.05) is 36.0 Å². The highest BCUT2D eigenvalue weighted by Gasteiger charge is 2.57. The minimum absolute atomic E-state index is 0.00286. The lowest BCUT2D eigenvalue weighted by atomic mass is 10.1. The van der Waals surface area contributed by atoms with Crippen molar-refractivity contribution in [1.29, 1.82) is 0 Å². The number of rotatable bonds is 5. The molecule has 16 heteroatoms. The largest absolute Gasteiger partial charge is 0.491 e. The molecule has 3 fully saturated rings. The van der Waals surface area contributed by atoms with Crippen LogP contribution in [0.15, 0.2) is 6.07 Å². The lowest BCUT2D eigenvalue weighted by molar-refractivity contribution is -0.193. The van der Waals surface area contributed by atoms with E-state index in [1.54, 1.807) is 11.8 Å². The smallest absolute Gasteiger partial charge is 0.381 e. The van der Waals surface area contributed by atoms with E-state index in [1.165, 1.54) is 6.07 Å². The van der Waals surface area contributed by atoms with Crippen molar-refractivity contribution in [2.45, 2.75) is 38.0 Å². The fourth-order valence-corrected chi connectivity index (χ4v) is 5.42. The number of amides is 1. The summed E-state index contributed by atoms with van der Waals surface area (Å²) in [5.41, 5.74) is 6.25. The maximum absolute atomic E-state index is 12.7. The number of piperidine rings is 2. The first-order valence-electron chi connectivity index (χ1n) is 12.2. The van der Waals surface area contributed by atoms with Crippen molar-refractivity contribution in [3.63, 3.8) is 0 Å². The van der Waals surface area contributed by atoms with Gasteiger partial charge in [0, 0.05) is 61.9 Å². The van der Waals surface area contributed by atoms with Crippen LogP contribution in [0.3, 0.4) is 0 Å². The number of esters is 2. The van der Waals surface area contributed by atoms with Crippen LogP contribution in [0, 0.1) is 18.8 Å². The second-order valence-electron chi connectivity index (χ2n) is 9.90. The molecular weight excluding hydrogens is 566 g/mol. The molecule has 0 spiro atoms. The van der Waals surface area contributed by atoms with E-state index in [2.05, 4.69) is 25.0 Å². The number of fused-ring (bicyclic) bond motifs is 1. The average Bonchev–Trinajstić information content (AvgIpc) is 3.19. The maximum atomic E-state index is 12.7. The van der Waals surface area contributed by atoms with Crippen LogP contribution in [-0.4, -0.2) is 77.2 Å². The Hall–Kier alpha value is -3.10. The molecule has 3 aliphatic rings. The molecule has 2 aliphatic heterocycles. The number of nitrogens with zero attached hydrogens (tertiary/aromatic N) is 4. The van der Waals surface area contributed by atoms with Crippen LogP contribution in [-0.2, 0) is 9.53 Å². The van der Waals surface area contributed by atoms with Gasteiger partial charge in [-0.1, -0.05) is 23.2 Å². The van der Waals surface area contributed by atoms with Gasteiger partial charge in [0.05, 0.1) is 10.0 Å². The second kappa shape index (κ2) is 10.1. The van der Waals surface area contributed by atoms with Crippen LogP contribution >= 0.6 is 23.2 Å². The van der Waals surface area contributed by atoms with Crippen LogP contribution in [0.25, 0.3) is 0 Å². The highest BCUT2D eigenvalue weighted by atomic mass is 35.5. The van der Waals surface area contributed by atoms with Crippen LogP contribution in [0.2, 0.25) is 10.0 Å². The molecule has 0 bridgehead atoms. The Kier molecular flexibility index (Phi) is 7.14. The minimum Gasteiger partial charge on any atom is -0.381 e. The molecule has 11 nitrogen and oxygen atoms in total. The number of carbonyl (C=O) groups excluding carboxylic acids is 3. The molecule has 39 heavy (non-hydrogen) atoms. The predicted octanol–water partition coefficient (Wildman–Crippen LogP) is 2.46. The SMILES string of the molecule is Cc1[nH]c(C(=O)NC2[C@H]3CN(c4cc(C(=O)OC(=O)C(F)(F)F)nc(N5CCC(N)CC5)n4)C[C@@H]23)c(Cl)c1Cl. The van der Waals surface area contributed by atoms with Crippen molar-refractivity contribution < 1.29 is 32.3 Å². The van der Waals surface area contributed by atoms with Gasteiger partial charge in [0.2, 0.25) is 5.95 Å². The summed E-state index contributed by atoms with van der Waals surface area (Å²) in [4.78, 5) is 51.5. The fraction of sp³-hybridized carbons (Fsp3) is 0.522. The molecule has 5 rings (SSSR count). The van der Waals surface area contributed by atoms with Crippen molar-refractivity contribution >= 4 is 52.8 Å². The number of nitrogens with one attached hydrogen (secondary N) is 2. The number of aromatic nitrogens is 3. The molecule has 1 unspecified atom stereocenters. The van der Waals surface area contributed by atoms with Gasteiger partial charge in [-0.05, 0) is 19.8 Å². The van der Waals surface area contributed by atoms with Gasteiger partial charge in [-0.15, -0.1) is 0 Å². The van der Waals surface area contributed by atoms with Gasteiger partial charge in [0.25, 0.3) is 5.91 Å². The molecule has 210 valence electrons. The van der Waals surface area contributed by atoms with E-state index in [4.69, 9.17) is 28.9 Å². The monoisotopic (exact) mass is 589 g/mol. The molecule has 1 amide bonds. The Labute approximate surface area is 230 Å². The summed E-state index contributed by atoms with van der Waals surface area (Å²) < 4.78 is 42.0. The van der Waals surface area contributed by atoms with E-state index in [-0.39, 0.29) is 51.5 Å². The number of hydrogen-bond donors (Lipinski definition) is 3. The molecular formula is C23H24Cl2F3N7O4. The standard InChI is InChI=1S/C23H24Cl2F3N7O4/c1-9-15(24)16(25)18(30-9)19(36)33-17-11-7-35(8-12(11)17)14-6-13(20(37)39-21(38)23(26,27)28)31-22(32-14)34-4-2-10(29)3-5-34/h6,10-12,17,30H,2-5,7-8,29H2,1H3,(H,33,36)/t11-,12+,17?. The Morgan fingerprint density at radius 2 is 1.74 bits per heavy atom. The Balaban J connectivity index is 1.31. The number of nitrogens with two attached hydrogens (primary N) is 1. The first-order chi connectivity index (χ1) is 18.3. The van der Waals surface area contributed by atoms with Crippen LogP contribution in [0.4, 0.5) is 24.9 Å². The van der Waals surface area contributed by atoms with Gasteiger partial charge in [-0.2, -0.15) is 18.2 Å². The highest BCUT2D eigenvalue weighted by molar-refractivity contribution is 6.44. The number of ether oxygens (including phenoxy) is 1. The van der Waals surface area contributed by atoms with E-state index in [9.17, 15) is 27.6 Å². The first-order valence-corrected chi connectivity index (χ1v) is 12.9. The summed E-state index contributed by atoms with van der Waals surface area (Å²) in [5, 5.41) is 3.38. The number of anilines is 2. The van der Waals surface area contributed by atoms with E-state index in [0.29, 0.717) is 50.5 Å². The van der Waals surface area contributed by atoms with Crippen molar-refractivity contribution in [3.05, 3.63) is 33.2 Å². The van der Waals surface area contributed by atoms with Gasteiger partial charge in [-0.3, -0.25) is 4.79 Å². The van der Waals surface area contributed by atoms with Gasteiger partial charge in [0.15, 0.2) is 5.69 Å². The zero-order valence-electron chi connectivity index (χ0n) is 20.5. The van der Waals surface area contributed by atoms with Crippen molar-refractivity contribution in [1.82, 2.24) is 20.3 Å². The zero-order chi connectivity index (χ0) is 28.2. The number of hydrogen-bond acceptors (Lipinski definition) is 9. The molecule has 2 aromatic rings. The molecule has 2 aromatic heterocycles. The zero-order valence-corrected chi connectivity index (χ0v) is 22.0. The van der Waals surface area contributed by atoms with E-state index in [1.807, 2.05) is 4.90 Å². The van der Waals surface area contributed by atoms with Crippen molar-refractivity contribution in [2.24, 2.45) is 17.6 Å². The first kappa shape index (κ1) is 27.5. The number of alkyl halides is 3.